The Morgan fingerprint density at radius 1 is 1.00 bits per heavy atom. The molecule has 1 aliphatic rings. The third-order valence-electron chi connectivity index (χ3n) is 5.54. The summed E-state index contributed by atoms with van der Waals surface area (Å²) in [5.41, 5.74) is 3.32. The predicted octanol–water partition coefficient (Wildman–Crippen LogP) is 5.15. The molecule has 2 amide bonds. The van der Waals surface area contributed by atoms with Gasteiger partial charge < -0.3 is 25.2 Å². The summed E-state index contributed by atoms with van der Waals surface area (Å²) in [6.45, 7) is 1.78. The van der Waals surface area contributed by atoms with Crippen molar-refractivity contribution in [2.24, 2.45) is 0 Å². The monoisotopic (exact) mass is 522 g/mol. The summed E-state index contributed by atoms with van der Waals surface area (Å²) in [5.74, 6) is 0.615. The van der Waals surface area contributed by atoms with Crippen molar-refractivity contribution in [3.8, 4) is 0 Å². The van der Waals surface area contributed by atoms with E-state index in [4.69, 9.17) is 23.2 Å². The molecule has 0 spiro atoms. The lowest BCUT2D eigenvalue weighted by Crippen LogP contribution is -2.31. The van der Waals surface area contributed by atoms with E-state index in [0.29, 0.717) is 28.8 Å². The molecule has 1 aliphatic heterocycles. The summed E-state index contributed by atoms with van der Waals surface area (Å²) >= 11 is 11.6. The Labute approximate surface area is 218 Å². The minimum atomic E-state index is 0.00194. The topological polar surface area (TPSA) is 81.8 Å². The smallest absolute Gasteiger partial charge is 0.222 e. The van der Waals surface area contributed by atoms with Crippen molar-refractivity contribution in [2.75, 3.05) is 51.9 Å². The van der Waals surface area contributed by atoms with Crippen LogP contribution in [0.5, 0.6) is 0 Å². The molecule has 2 aromatic rings. The summed E-state index contributed by atoms with van der Waals surface area (Å²) in [7, 11) is 7.06. The lowest BCUT2D eigenvalue weighted by molar-refractivity contribution is -0.129. The number of carbonyl (C=O) groups excluding carboxylic acids is 3. The maximum atomic E-state index is 10.7. The number of anilines is 2. The molecule has 9 heteroatoms. The summed E-state index contributed by atoms with van der Waals surface area (Å²) in [4.78, 5) is 34.4. The van der Waals surface area contributed by atoms with E-state index in [9.17, 15) is 14.4 Å². The van der Waals surface area contributed by atoms with E-state index in [-0.39, 0.29) is 5.91 Å². The minimum Gasteiger partial charge on any atom is -0.388 e. The average Bonchev–Trinajstić information content (AvgIpc) is 2.88. The number of para-hydroxylation sites is 1. The maximum absolute atomic E-state index is 10.7. The van der Waals surface area contributed by atoms with Crippen molar-refractivity contribution in [1.29, 1.82) is 0 Å². The van der Waals surface area contributed by atoms with Crippen molar-refractivity contribution in [3.63, 3.8) is 0 Å². The van der Waals surface area contributed by atoms with Gasteiger partial charge in [-0.05, 0) is 48.6 Å². The molecule has 0 unspecified atom stereocenters. The molecule has 1 fully saturated rings. The Kier molecular flexibility index (Phi) is 14.5. The highest BCUT2D eigenvalue weighted by Gasteiger charge is 2.19. The van der Waals surface area contributed by atoms with Crippen LogP contribution in [0.25, 0.3) is 0 Å². The van der Waals surface area contributed by atoms with Crippen LogP contribution in [0.4, 0.5) is 11.4 Å². The largest absolute Gasteiger partial charge is 0.388 e. The Balaban J connectivity index is 0.000000280. The number of rotatable bonds is 7. The van der Waals surface area contributed by atoms with Crippen molar-refractivity contribution in [1.82, 2.24) is 9.80 Å². The van der Waals surface area contributed by atoms with Crippen molar-refractivity contribution in [2.45, 2.75) is 31.6 Å². The molecule has 2 aromatic carbocycles. The van der Waals surface area contributed by atoms with Gasteiger partial charge in [0, 0.05) is 59.8 Å². The average molecular weight is 524 g/mol. The second-order valence-electron chi connectivity index (χ2n) is 8.13. The fourth-order valence-electron chi connectivity index (χ4n) is 3.40. The normalized spacial score (nSPS) is 12.8. The molecule has 0 bridgehead atoms. The van der Waals surface area contributed by atoms with E-state index in [0.717, 1.165) is 50.0 Å². The fraction of sp³-hybridized carbons (Fsp3) is 0.423. The van der Waals surface area contributed by atoms with Gasteiger partial charge in [-0.1, -0.05) is 41.4 Å². The lowest BCUT2D eigenvalue weighted by atomic mass is 9.89. The Morgan fingerprint density at radius 3 is 1.97 bits per heavy atom. The van der Waals surface area contributed by atoms with Gasteiger partial charge in [0.1, 0.15) is 6.29 Å². The Morgan fingerprint density at radius 2 is 1.57 bits per heavy atom. The molecule has 1 saturated heterocycles. The lowest BCUT2D eigenvalue weighted by Gasteiger charge is -2.29. The maximum Gasteiger partial charge on any atom is 0.222 e. The molecule has 192 valence electrons. The van der Waals surface area contributed by atoms with Gasteiger partial charge in [0.05, 0.1) is 15.7 Å². The van der Waals surface area contributed by atoms with Crippen LogP contribution in [0, 0.1) is 0 Å². The zero-order valence-corrected chi connectivity index (χ0v) is 22.4. The van der Waals surface area contributed by atoms with Gasteiger partial charge in [-0.15, -0.1) is 0 Å². The highest BCUT2D eigenvalue weighted by Crippen LogP contribution is 2.29. The van der Waals surface area contributed by atoms with Crippen molar-refractivity contribution in [3.05, 3.63) is 58.1 Å². The second-order valence-corrected chi connectivity index (χ2v) is 8.94. The third-order valence-corrected chi connectivity index (χ3v) is 6.17. The van der Waals surface area contributed by atoms with E-state index >= 15 is 0 Å². The number of hydrogen-bond donors (Lipinski definition) is 2. The Bertz CT molecular complexity index is 895. The quantitative estimate of drug-likeness (QED) is 0.491. The van der Waals surface area contributed by atoms with Gasteiger partial charge in [0.25, 0.3) is 0 Å². The third kappa shape index (κ3) is 11.0. The zero-order chi connectivity index (χ0) is 26.2. The van der Waals surface area contributed by atoms with E-state index < -0.39 is 0 Å². The first-order valence-corrected chi connectivity index (χ1v) is 12.3. The van der Waals surface area contributed by atoms with Gasteiger partial charge in [0.15, 0.2) is 0 Å². The number of nitrogens with zero attached hydrogens (tertiary/aromatic N) is 2. The molecule has 0 radical (unpaired) electrons. The van der Waals surface area contributed by atoms with Crippen LogP contribution in [0.2, 0.25) is 10.0 Å². The molecule has 1 heterocycles. The molecule has 2 N–H and O–H groups in total. The number of piperidine rings is 1. The van der Waals surface area contributed by atoms with Crippen LogP contribution in [-0.4, -0.2) is 69.7 Å². The first kappa shape index (κ1) is 30.3. The highest BCUT2D eigenvalue weighted by atomic mass is 35.5. The number of hydrogen-bond acceptors (Lipinski definition) is 5. The molecule has 3 rings (SSSR count). The molecule has 0 aliphatic carbocycles. The van der Waals surface area contributed by atoms with E-state index in [2.05, 4.69) is 34.9 Å². The number of nitrogens with one attached hydrogen (secondary N) is 2. The predicted molar refractivity (Wildman–Crippen MR) is 146 cm³/mol. The van der Waals surface area contributed by atoms with E-state index in [1.54, 1.807) is 33.3 Å². The highest BCUT2D eigenvalue weighted by molar-refractivity contribution is 6.39. The van der Waals surface area contributed by atoms with E-state index in [1.165, 1.54) is 10.5 Å². The van der Waals surface area contributed by atoms with Gasteiger partial charge in [-0.2, -0.15) is 0 Å². The summed E-state index contributed by atoms with van der Waals surface area (Å²) in [6.07, 6.45) is 4.53. The van der Waals surface area contributed by atoms with Crippen LogP contribution in [0.15, 0.2) is 42.5 Å². The van der Waals surface area contributed by atoms with Crippen LogP contribution in [0.1, 0.15) is 37.2 Å². The number of aldehydes is 1. The molecule has 7 nitrogen and oxygen atoms in total. The standard InChI is InChI=1S/C13H18N2O.C7H7Cl2N.C6H11NO2/c1-14-13-4-2-11(3-5-13)12-6-8-15(10-16)9-7-12;1-10-7-5(8)3-2-4-6(7)9;1-7(2)6(9)4-3-5-8/h2-5,10,12,14H,6-9H2,1H3;2-4,10H,1H3;5H,3-4H2,1-2H3. The second kappa shape index (κ2) is 16.8. The van der Waals surface area contributed by atoms with Crippen LogP contribution >= 0.6 is 23.2 Å². The summed E-state index contributed by atoms with van der Waals surface area (Å²) in [6, 6.07) is 14.0. The van der Waals surface area contributed by atoms with Gasteiger partial charge in [-0.3, -0.25) is 9.59 Å². The number of benzene rings is 2. The van der Waals surface area contributed by atoms with Gasteiger partial charge in [0.2, 0.25) is 12.3 Å². The molecule has 0 aromatic heterocycles. The fourth-order valence-corrected chi connectivity index (χ4v) is 3.99. The first-order valence-electron chi connectivity index (χ1n) is 11.5. The number of amides is 2. The number of carbonyl (C=O) groups is 3. The minimum absolute atomic E-state index is 0.00194. The van der Waals surface area contributed by atoms with Crippen LogP contribution < -0.4 is 10.6 Å². The molecule has 0 saturated carbocycles. The zero-order valence-electron chi connectivity index (χ0n) is 20.9. The SMILES string of the molecule is CN(C)C(=O)CCC=O.CNc1c(Cl)cccc1Cl.CNc1ccc(C2CCN(C=O)CC2)cc1. The summed E-state index contributed by atoms with van der Waals surface area (Å²) < 4.78 is 0. The molecule has 0 atom stereocenters. The van der Waals surface area contributed by atoms with Crippen LogP contribution in [0.3, 0.4) is 0 Å². The van der Waals surface area contributed by atoms with Crippen molar-refractivity contribution >= 4 is 53.2 Å². The number of halogens is 2. The van der Waals surface area contributed by atoms with Gasteiger partial charge >= 0.3 is 0 Å². The van der Waals surface area contributed by atoms with Crippen LogP contribution in [-0.2, 0) is 14.4 Å². The first-order chi connectivity index (χ1) is 16.8. The van der Waals surface area contributed by atoms with E-state index in [1.807, 2.05) is 18.0 Å². The molecular formula is C26H36Cl2N4O3. The summed E-state index contributed by atoms with van der Waals surface area (Å²) in [5, 5.41) is 7.31. The molecule has 35 heavy (non-hydrogen) atoms. The van der Waals surface area contributed by atoms with Crippen molar-refractivity contribution < 1.29 is 14.4 Å². The Hall–Kier alpha value is -2.77. The van der Waals surface area contributed by atoms with Gasteiger partial charge in [-0.25, -0.2) is 0 Å². The number of likely N-dealkylation sites (tertiary alicyclic amines) is 1. The molecular weight excluding hydrogens is 487 g/mol.